The lowest BCUT2D eigenvalue weighted by molar-refractivity contribution is -0.116. The zero-order valence-corrected chi connectivity index (χ0v) is 14.5. The molecule has 24 heavy (non-hydrogen) atoms. The minimum Gasteiger partial charge on any atom is -0.491 e. The van der Waals surface area contributed by atoms with E-state index in [0.29, 0.717) is 17.9 Å². The number of anilines is 2. The Bertz CT molecular complexity index is 692. The molecule has 0 aliphatic rings. The van der Waals surface area contributed by atoms with Gasteiger partial charge >= 0.3 is 0 Å². The molecule has 4 nitrogen and oxygen atoms in total. The lowest BCUT2D eigenvalue weighted by atomic mass is 10.1. The van der Waals surface area contributed by atoms with Crippen LogP contribution in [0.1, 0.15) is 25.8 Å². The Morgan fingerprint density at radius 1 is 1.25 bits per heavy atom. The van der Waals surface area contributed by atoms with E-state index in [9.17, 15) is 9.18 Å². The lowest BCUT2D eigenvalue weighted by Gasteiger charge is -2.12. The Morgan fingerprint density at radius 2 is 1.96 bits per heavy atom. The Balaban J connectivity index is 0.00000288. The second-order valence-electron chi connectivity index (χ2n) is 5.56. The number of ether oxygens (including phenoxy) is 1. The van der Waals surface area contributed by atoms with Gasteiger partial charge in [0.1, 0.15) is 11.6 Å². The number of carbonyl (C=O) groups excluding carboxylic acids is 1. The van der Waals surface area contributed by atoms with Gasteiger partial charge in [0.2, 0.25) is 5.91 Å². The fraction of sp³-hybridized carbons (Fsp3) is 0.278. The Morgan fingerprint density at radius 3 is 2.58 bits per heavy atom. The molecule has 6 heteroatoms. The molecule has 0 radical (unpaired) electrons. The predicted octanol–water partition coefficient (Wildman–Crippen LogP) is 4.19. The lowest BCUT2D eigenvalue weighted by Crippen LogP contribution is -2.14. The van der Waals surface area contributed by atoms with Gasteiger partial charge < -0.3 is 15.8 Å². The summed E-state index contributed by atoms with van der Waals surface area (Å²) in [5.74, 6) is -0.340. The van der Waals surface area contributed by atoms with Crippen molar-refractivity contribution < 1.29 is 13.9 Å². The maximum Gasteiger partial charge on any atom is 0.224 e. The minimum atomic E-state index is -0.518. The molecule has 0 unspecified atom stereocenters. The Hall–Kier alpha value is -2.27. The van der Waals surface area contributed by atoms with Crippen molar-refractivity contribution in [2.45, 2.75) is 32.8 Å². The second kappa shape index (κ2) is 9.13. The van der Waals surface area contributed by atoms with Crippen LogP contribution in [0.15, 0.2) is 42.5 Å². The topological polar surface area (TPSA) is 64.3 Å². The molecule has 3 N–H and O–H groups in total. The molecule has 0 fully saturated rings. The molecule has 1 amide bonds. The summed E-state index contributed by atoms with van der Waals surface area (Å²) in [5, 5.41) is 2.57. The summed E-state index contributed by atoms with van der Waals surface area (Å²) < 4.78 is 19.4. The highest BCUT2D eigenvalue weighted by Crippen LogP contribution is 2.22. The van der Waals surface area contributed by atoms with Gasteiger partial charge in [-0.2, -0.15) is 0 Å². The van der Waals surface area contributed by atoms with Crippen molar-refractivity contribution in [2.75, 3.05) is 11.1 Å². The van der Waals surface area contributed by atoms with E-state index in [1.807, 2.05) is 32.0 Å². The monoisotopic (exact) mass is 352 g/mol. The van der Waals surface area contributed by atoms with Crippen LogP contribution in [0.25, 0.3) is 0 Å². The first-order valence-electron chi connectivity index (χ1n) is 7.55. The molecule has 0 saturated carbocycles. The number of rotatable bonds is 6. The van der Waals surface area contributed by atoms with Crippen molar-refractivity contribution in [3.05, 3.63) is 53.8 Å². The summed E-state index contributed by atoms with van der Waals surface area (Å²) in [6, 6.07) is 11.8. The quantitative estimate of drug-likeness (QED) is 0.766. The third-order valence-corrected chi connectivity index (χ3v) is 3.26. The summed E-state index contributed by atoms with van der Waals surface area (Å²) >= 11 is 0. The molecule has 0 aromatic heterocycles. The minimum absolute atomic E-state index is 0. The van der Waals surface area contributed by atoms with E-state index < -0.39 is 5.82 Å². The number of halogens is 2. The van der Waals surface area contributed by atoms with Crippen LogP contribution in [0.4, 0.5) is 15.8 Å². The van der Waals surface area contributed by atoms with Gasteiger partial charge in [-0.25, -0.2) is 4.39 Å². The second-order valence-corrected chi connectivity index (χ2v) is 5.56. The van der Waals surface area contributed by atoms with Crippen LogP contribution < -0.4 is 15.8 Å². The zero-order valence-electron chi connectivity index (χ0n) is 13.7. The van der Waals surface area contributed by atoms with Crippen LogP contribution in [0.5, 0.6) is 5.75 Å². The van der Waals surface area contributed by atoms with Crippen LogP contribution in [-0.4, -0.2) is 12.0 Å². The SMILES string of the molecule is CC(C)Oc1ccc(NC(=O)CCc2ccccc2N)c(F)c1.Cl. The van der Waals surface area contributed by atoms with Gasteiger partial charge in [-0.1, -0.05) is 18.2 Å². The van der Waals surface area contributed by atoms with Crippen LogP contribution in [0.3, 0.4) is 0 Å². The van der Waals surface area contributed by atoms with Gasteiger partial charge in [-0.05, 0) is 44.0 Å². The number of hydrogen-bond acceptors (Lipinski definition) is 3. The zero-order chi connectivity index (χ0) is 16.8. The number of hydrogen-bond donors (Lipinski definition) is 2. The third kappa shape index (κ3) is 5.74. The molecule has 2 rings (SSSR count). The highest BCUT2D eigenvalue weighted by Gasteiger charge is 2.10. The first-order valence-corrected chi connectivity index (χ1v) is 7.55. The largest absolute Gasteiger partial charge is 0.491 e. The number of carbonyl (C=O) groups is 1. The third-order valence-electron chi connectivity index (χ3n) is 3.26. The van der Waals surface area contributed by atoms with E-state index in [1.165, 1.54) is 12.1 Å². The summed E-state index contributed by atoms with van der Waals surface area (Å²) in [4.78, 5) is 12.0. The van der Waals surface area contributed by atoms with Crippen molar-refractivity contribution in [1.29, 1.82) is 0 Å². The number of nitrogen functional groups attached to an aromatic ring is 1. The predicted molar refractivity (Wildman–Crippen MR) is 97.2 cm³/mol. The van der Waals surface area contributed by atoms with Gasteiger partial charge in [-0.15, -0.1) is 12.4 Å². The van der Waals surface area contributed by atoms with E-state index in [-0.39, 0.29) is 36.5 Å². The molecular weight excluding hydrogens is 331 g/mol. The fourth-order valence-electron chi connectivity index (χ4n) is 2.17. The van der Waals surface area contributed by atoms with Crippen molar-refractivity contribution in [1.82, 2.24) is 0 Å². The molecule has 0 aliphatic carbocycles. The number of nitrogens with two attached hydrogens (primary N) is 1. The average molecular weight is 353 g/mol. The van der Waals surface area contributed by atoms with E-state index in [4.69, 9.17) is 10.5 Å². The van der Waals surface area contributed by atoms with Crippen LogP contribution in [0, 0.1) is 5.82 Å². The summed E-state index contributed by atoms with van der Waals surface area (Å²) in [6.45, 7) is 3.73. The molecule has 130 valence electrons. The van der Waals surface area contributed by atoms with E-state index in [0.717, 1.165) is 5.56 Å². The average Bonchev–Trinajstić information content (AvgIpc) is 2.49. The van der Waals surface area contributed by atoms with Crippen molar-refractivity contribution >= 4 is 29.7 Å². The summed E-state index contributed by atoms with van der Waals surface area (Å²) in [6.07, 6.45) is 0.707. The summed E-state index contributed by atoms with van der Waals surface area (Å²) in [7, 11) is 0. The molecule has 0 aliphatic heterocycles. The van der Waals surface area contributed by atoms with Gasteiger partial charge in [0.15, 0.2) is 0 Å². The number of benzene rings is 2. The normalized spacial score (nSPS) is 10.2. The molecule has 2 aromatic rings. The van der Waals surface area contributed by atoms with Gasteiger partial charge in [-0.3, -0.25) is 4.79 Å². The Labute approximate surface area is 147 Å². The van der Waals surface area contributed by atoms with Gasteiger partial charge in [0, 0.05) is 18.2 Å². The maximum absolute atomic E-state index is 14.0. The summed E-state index contributed by atoms with van der Waals surface area (Å²) in [5.41, 5.74) is 7.54. The molecule has 0 heterocycles. The molecule has 0 atom stereocenters. The van der Waals surface area contributed by atoms with Crippen LogP contribution >= 0.6 is 12.4 Å². The van der Waals surface area contributed by atoms with Crippen LogP contribution in [-0.2, 0) is 11.2 Å². The van der Waals surface area contributed by atoms with E-state index in [2.05, 4.69) is 5.32 Å². The van der Waals surface area contributed by atoms with E-state index in [1.54, 1.807) is 12.1 Å². The smallest absolute Gasteiger partial charge is 0.224 e. The molecule has 0 bridgehead atoms. The van der Waals surface area contributed by atoms with E-state index >= 15 is 0 Å². The van der Waals surface area contributed by atoms with Gasteiger partial charge in [0.05, 0.1) is 11.8 Å². The van der Waals surface area contributed by atoms with Gasteiger partial charge in [0.25, 0.3) is 0 Å². The molecular formula is C18H22ClFN2O2. The molecule has 0 spiro atoms. The van der Waals surface area contributed by atoms with Crippen molar-refractivity contribution in [2.24, 2.45) is 0 Å². The molecule has 0 saturated heterocycles. The van der Waals surface area contributed by atoms with Crippen molar-refractivity contribution in [3.63, 3.8) is 0 Å². The number of para-hydroxylation sites is 1. The highest BCUT2D eigenvalue weighted by molar-refractivity contribution is 5.91. The van der Waals surface area contributed by atoms with Crippen molar-refractivity contribution in [3.8, 4) is 5.75 Å². The Kier molecular flexibility index (Phi) is 7.52. The number of amides is 1. The number of aryl methyl sites for hydroxylation is 1. The number of nitrogens with one attached hydrogen (secondary N) is 1. The standard InChI is InChI=1S/C18H21FN2O2.ClH/c1-12(2)23-14-8-9-17(15(19)11-14)21-18(22)10-7-13-5-3-4-6-16(13)20;/h3-6,8-9,11-12H,7,10,20H2,1-2H3,(H,21,22);1H. The first kappa shape index (κ1) is 19.8. The highest BCUT2D eigenvalue weighted by atomic mass is 35.5. The fourth-order valence-corrected chi connectivity index (χ4v) is 2.17. The van der Waals surface area contributed by atoms with Crippen LogP contribution in [0.2, 0.25) is 0 Å². The molecule has 2 aromatic carbocycles. The maximum atomic E-state index is 14.0. The first-order chi connectivity index (χ1) is 11.0.